The number of halogens is 1. The van der Waals surface area contributed by atoms with E-state index in [0.29, 0.717) is 5.92 Å². The van der Waals surface area contributed by atoms with E-state index in [1.807, 2.05) is 6.07 Å². The Balaban J connectivity index is 1.99. The lowest BCUT2D eigenvalue weighted by Gasteiger charge is -2.21. The zero-order valence-electron chi connectivity index (χ0n) is 12.0. The Bertz CT molecular complexity index is 371. The van der Waals surface area contributed by atoms with Crippen LogP contribution in [0.3, 0.4) is 0 Å². The van der Waals surface area contributed by atoms with E-state index in [1.165, 1.54) is 38.2 Å². The second-order valence-electron chi connectivity index (χ2n) is 5.84. The molecule has 0 spiro atoms. The molecule has 2 rings (SSSR count). The Hall–Kier alpha value is -0.890. The van der Waals surface area contributed by atoms with Gasteiger partial charge in [0, 0.05) is 6.54 Å². The van der Waals surface area contributed by atoms with Crippen LogP contribution in [-0.2, 0) is 0 Å². The molecule has 19 heavy (non-hydrogen) atoms. The van der Waals surface area contributed by atoms with Crippen LogP contribution < -0.4 is 5.32 Å². The molecule has 0 heterocycles. The van der Waals surface area contributed by atoms with Crippen LogP contribution in [0.4, 0.5) is 4.39 Å². The SMILES string of the molecule is CCCNCC(CC1CCCC1)c1cccc(F)c1. The largest absolute Gasteiger partial charge is 0.316 e. The van der Waals surface area contributed by atoms with Gasteiger partial charge in [0.25, 0.3) is 0 Å². The molecule has 1 aromatic rings. The molecule has 0 radical (unpaired) electrons. The van der Waals surface area contributed by atoms with Crippen molar-refractivity contribution in [1.82, 2.24) is 5.32 Å². The van der Waals surface area contributed by atoms with E-state index in [4.69, 9.17) is 0 Å². The molecule has 1 saturated carbocycles. The zero-order valence-corrected chi connectivity index (χ0v) is 12.0. The van der Waals surface area contributed by atoms with Crippen molar-refractivity contribution < 1.29 is 4.39 Å². The Morgan fingerprint density at radius 1 is 1.32 bits per heavy atom. The third-order valence-electron chi connectivity index (χ3n) is 4.23. The van der Waals surface area contributed by atoms with Gasteiger partial charge in [0.05, 0.1) is 0 Å². The molecule has 1 aromatic carbocycles. The maximum atomic E-state index is 13.4. The van der Waals surface area contributed by atoms with Crippen molar-refractivity contribution in [1.29, 1.82) is 0 Å². The van der Waals surface area contributed by atoms with Crippen LogP contribution in [-0.4, -0.2) is 13.1 Å². The number of hydrogen-bond donors (Lipinski definition) is 1. The molecule has 0 amide bonds. The molecule has 1 aliphatic carbocycles. The van der Waals surface area contributed by atoms with Gasteiger partial charge in [0.1, 0.15) is 5.82 Å². The molecule has 2 heteroatoms. The first-order valence-corrected chi connectivity index (χ1v) is 7.75. The molecular formula is C17H26FN. The van der Waals surface area contributed by atoms with Gasteiger partial charge in [-0.05, 0) is 48.9 Å². The summed E-state index contributed by atoms with van der Waals surface area (Å²) < 4.78 is 13.4. The van der Waals surface area contributed by atoms with Gasteiger partial charge in [-0.3, -0.25) is 0 Å². The summed E-state index contributed by atoms with van der Waals surface area (Å²) in [5, 5.41) is 3.50. The minimum absolute atomic E-state index is 0.107. The van der Waals surface area contributed by atoms with Crippen molar-refractivity contribution in [3.8, 4) is 0 Å². The molecule has 0 bridgehead atoms. The van der Waals surface area contributed by atoms with Gasteiger partial charge >= 0.3 is 0 Å². The topological polar surface area (TPSA) is 12.0 Å². The molecule has 0 aliphatic heterocycles. The highest BCUT2D eigenvalue weighted by Gasteiger charge is 2.21. The molecule has 1 unspecified atom stereocenters. The van der Waals surface area contributed by atoms with Crippen LogP contribution in [0.1, 0.15) is 56.9 Å². The van der Waals surface area contributed by atoms with Crippen LogP contribution in [0.5, 0.6) is 0 Å². The molecule has 0 saturated heterocycles. The van der Waals surface area contributed by atoms with Crippen LogP contribution in [0.15, 0.2) is 24.3 Å². The lowest BCUT2D eigenvalue weighted by atomic mass is 9.88. The Kier molecular flexibility index (Phi) is 5.84. The van der Waals surface area contributed by atoms with E-state index in [9.17, 15) is 4.39 Å². The van der Waals surface area contributed by atoms with Crippen LogP contribution >= 0.6 is 0 Å². The van der Waals surface area contributed by atoms with Gasteiger partial charge in [-0.25, -0.2) is 4.39 Å². The van der Waals surface area contributed by atoms with Gasteiger partial charge in [0.15, 0.2) is 0 Å². The normalized spacial score (nSPS) is 17.8. The summed E-state index contributed by atoms with van der Waals surface area (Å²) in [4.78, 5) is 0. The van der Waals surface area contributed by atoms with E-state index in [0.717, 1.165) is 31.0 Å². The summed E-state index contributed by atoms with van der Waals surface area (Å²) in [5.41, 5.74) is 1.16. The highest BCUT2D eigenvalue weighted by molar-refractivity contribution is 5.21. The van der Waals surface area contributed by atoms with Gasteiger partial charge < -0.3 is 5.32 Å². The maximum Gasteiger partial charge on any atom is 0.123 e. The average molecular weight is 263 g/mol. The highest BCUT2D eigenvalue weighted by Crippen LogP contribution is 2.34. The number of hydrogen-bond acceptors (Lipinski definition) is 1. The Morgan fingerprint density at radius 3 is 2.79 bits per heavy atom. The van der Waals surface area contributed by atoms with Gasteiger partial charge in [-0.15, -0.1) is 0 Å². The van der Waals surface area contributed by atoms with E-state index >= 15 is 0 Å². The third-order valence-corrected chi connectivity index (χ3v) is 4.23. The van der Waals surface area contributed by atoms with Crippen molar-refractivity contribution in [2.75, 3.05) is 13.1 Å². The molecule has 1 fully saturated rings. The smallest absolute Gasteiger partial charge is 0.123 e. The van der Waals surface area contributed by atoms with Crippen molar-refractivity contribution in [3.63, 3.8) is 0 Å². The van der Waals surface area contributed by atoms with Gasteiger partial charge in [-0.2, -0.15) is 0 Å². The Morgan fingerprint density at radius 2 is 2.11 bits per heavy atom. The molecule has 0 aromatic heterocycles. The minimum Gasteiger partial charge on any atom is -0.316 e. The molecular weight excluding hydrogens is 237 g/mol. The monoisotopic (exact) mass is 263 g/mol. The Labute approximate surface area is 116 Å². The summed E-state index contributed by atoms with van der Waals surface area (Å²) in [6, 6.07) is 7.17. The second kappa shape index (κ2) is 7.64. The van der Waals surface area contributed by atoms with Crippen molar-refractivity contribution in [2.24, 2.45) is 5.92 Å². The van der Waals surface area contributed by atoms with Crippen LogP contribution in [0.2, 0.25) is 0 Å². The zero-order chi connectivity index (χ0) is 13.5. The van der Waals surface area contributed by atoms with Gasteiger partial charge in [-0.1, -0.05) is 44.7 Å². The van der Waals surface area contributed by atoms with Crippen molar-refractivity contribution in [2.45, 2.75) is 51.4 Å². The third kappa shape index (κ3) is 4.61. The van der Waals surface area contributed by atoms with Crippen LogP contribution in [0, 0.1) is 11.7 Å². The standard InChI is InChI=1S/C17H26FN/c1-2-10-19-13-16(11-14-6-3-4-7-14)15-8-5-9-17(18)12-15/h5,8-9,12,14,16,19H,2-4,6-7,10-11,13H2,1H3. The number of nitrogens with one attached hydrogen (secondary N) is 1. The molecule has 1 N–H and O–H groups in total. The summed E-state index contributed by atoms with van der Waals surface area (Å²) in [7, 11) is 0. The lowest BCUT2D eigenvalue weighted by Crippen LogP contribution is -2.23. The van der Waals surface area contributed by atoms with E-state index < -0.39 is 0 Å². The van der Waals surface area contributed by atoms with E-state index in [2.05, 4.69) is 18.3 Å². The summed E-state index contributed by atoms with van der Waals surface area (Å²) in [6.45, 7) is 4.21. The fraction of sp³-hybridized carbons (Fsp3) is 0.647. The first kappa shape index (κ1) is 14.5. The van der Waals surface area contributed by atoms with Crippen molar-refractivity contribution in [3.05, 3.63) is 35.6 Å². The highest BCUT2D eigenvalue weighted by atomic mass is 19.1. The quantitative estimate of drug-likeness (QED) is 0.715. The summed E-state index contributed by atoms with van der Waals surface area (Å²) in [6.07, 6.45) is 7.84. The number of rotatable bonds is 7. The predicted molar refractivity (Wildman–Crippen MR) is 78.9 cm³/mol. The molecule has 1 aliphatic rings. The fourth-order valence-corrected chi connectivity index (χ4v) is 3.20. The van der Waals surface area contributed by atoms with E-state index in [-0.39, 0.29) is 5.82 Å². The summed E-state index contributed by atoms with van der Waals surface area (Å²) >= 11 is 0. The van der Waals surface area contributed by atoms with Gasteiger partial charge in [0.2, 0.25) is 0 Å². The number of benzene rings is 1. The summed E-state index contributed by atoms with van der Waals surface area (Å²) in [5.74, 6) is 1.20. The molecule has 106 valence electrons. The predicted octanol–water partition coefficient (Wildman–Crippen LogP) is 4.49. The molecule has 1 atom stereocenters. The maximum absolute atomic E-state index is 13.4. The second-order valence-corrected chi connectivity index (χ2v) is 5.84. The van der Waals surface area contributed by atoms with E-state index in [1.54, 1.807) is 6.07 Å². The van der Waals surface area contributed by atoms with Crippen molar-refractivity contribution >= 4 is 0 Å². The fourth-order valence-electron chi connectivity index (χ4n) is 3.20. The average Bonchev–Trinajstić information content (AvgIpc) is 2.91. The van der Waals surface area contributed by atoms with Crippen LogP contribution in [0.25, 0.3) is 0 Å². The minimum atomic E-state index is -0.107. The first-order valence-electron chi connectivity index (χ1n) is 7.75. The first-order chi connectivity index (χ1) is 9.29. The lowest BCUT2D eigenvalue weighted by molar-refractivity contribution is 0.426. The molecule has 1 nitrogen and oxygen atoms in total.